The highest BCUT2D eigenvalue weighted by Crippen LogP contribution is 2.37. The van der Waals surface area contributed by atoms with Crippen molar-refractivity contribution >= 4 is 0 Å². The second-order valence-corrected chi connectivity index (χ2v) is 14.9. The lowest BCUT2D eigenvalue weighted by Gasteiger charge is -2.19. The lowest BCUT2D eigenvalue weighted by Crippen LogP contribution is -2.02. The van der Waals surface area contributed by atoms with E-state index in [1.165, 1.54) is 177 Å². The molecule has 2 aromatic carbocycles. The molecule has 0 aliphatic carbocycles. The summed E-state index contributed by atoms with van der Waals surface area (Å²) in [5.41, 5.74) is 4.00. The van der Waals surface area contributed by atoms with E-state index in [0.717, 1.165) is 35.8 Å². The molecule has 0 fully saturated rings. The van der Waals surface area contributed by atoms with Crippen LogP contribution < -0.4 is 18.9 Å². The van der Waals surface area contributed by atoms with Gasteiger partial charge < -0.3 is 18.9 Å². The molecule has 1 unspecified atom stereocenters. The van der Waals surface area contributed by atoms with Crippen LogP contribution in [0.15, 0.2) is 30.3 Å². The minimum atomic E-state index is 0.546. The van der Waals surface area contributed by atoms with Gasteiger partial charge in [0.2, 0.25) is 0 Å². The van der Waals surface area contributed by atoms with E-state index in [-0.39, 0.29) is 0 Å². The van der Waals surface area contributed by atoms with Crippen LogP contribution in [0.25, 0.3) is 0 Å². The molecule has 4 heteroatoms. The van der Waals surface area contributed by atoms with E-state index < -0.39 is 0 Å². The molecule has 0 aliphatic heterocycles. The van der Waals surface area contributed by atoms with Crippen LogP contribution in [0.5, 0.6) is 23.0 Å². The summed E-state index contributed by atoms with van der Waals surface area (Å²) in [6.45, 7) is 4.69. The number of ether oxygens (including phenoxy) is 4. The predicted octanol–water partition coefficient (Wildman–Crippen LogP) is 14.4. The Kier molecular flexibility index (Phi) is 25.6. The van der Waals surface area contributed by atoms with Crippen molar-refractivity contribution in [3.05, 3.63) is 47.0 Å². The molecule has 0 bridgehead atoms. The molecule has 0 amide bonds. The fraction of sp³-hybridized carbons (Fsp3) is 0.739. The summed E-state index contributed by atoms with van der Waals surface area (Å²) in [6.07, 6.45) is 36.2. The van der Waals surface area contributed by atoms with Gasteiger partial charge in [0.15, 0.2) is 23.0 Å². The molecule has 0 saturated carbocycles. The third-order valence-corrected chi connectivity index (χ3v) is 10.8. The van der Waals surface area contributed by atoms with Gasteiger partial charge in [-0.25, -0.2) is 0 Å². The lowest BCUT2D eigenvalue weighted by atomic mass is 9.91. The molecule has 2 aromatic rings. The zero-order valence-electron chi connectivity index (χ0n) is 33.7. The summed E-state index contributed by atoms with van der Waals surface area (Å²) in [7, 11) is 7.01. The SMILES string of the molecule is CCCCCCCCCCCCCCCc1cc(C(C)CCCCCCCCCCCCCc2cccc(OC)c2OC)cc(OC)c1OC. The van der Waals surface area contributed by atoms with Crippen molar-refractivity contribution in [2.45, 2.75) is 193 Å². The van der Waals surface area contributed by atoms with Crippen LogP contribution in [-0.4, -0.2) is 28.4 Å². The summed E-state index contributed by atoms with van der Waals surface area (Å²) < 4.78 is 22.7. The van der Waals surface area contributed by atoms with Gasteiger partial charge in [-0.3, -0.25) is 0 Å². The Morgan fingerprint density at radius 3 is 1.32 bits per heavy atom. The molecule has 2 rings (SSSR count). The molecule has 0 N–H and O–H groups in total. The Labute approximate surface area is 309 Å². The molecular weight excluding hydrogens is 617 g/mol. The molecule has 0 aliphatic rings. The van der Waals surface area contributed by atoms with E-state index >= 15 is 0 Å². The Morgan fingerprint density at radius 1 is 0.440 bits per heavy atom. The molecule has 0 aromatic heterocycles. The van der Waals surface area contributed by atoms with Crippen LogP contribution in [0.4, 0.5) is 0 Å². The van der Waals surface area contributed by atoms with Crippen molar-refractivity contribution in [3.63, 3.8) is 0 Å². The minimum absolute atomic E-state index is 0.546. The van der Waals surface area contributed by atoms with Gasteiger partial charge in [-0.1, -0.05) is 173 Å². The van der Waals surface area contributed by atoms with Gasteiger partial charge >= 0.3 is 0 Å². The number of aryl methyl sites for hydroxylation is 2. The van der Waals surface area contributed by atoms with E-state index in [9.17, 15) is 0 Å². The fourth-order valence-corrected chi connectivity index (χ4v) is 7.54. The second-order valence-electron chi connectivity index (χ2n) is 14.9. The van der Waals surface area contributed by atoms with Gasteiger partial charge in [0, 0.05) is 0 Å². The molecule has 0 saturated heterocycles. The van der Waals surface area contributed by atoms with Gasteiger partial charge in [0.05, 0.1) is 28.4 Å². The largest absolute Gasteiger partial charge is 0.493 e. The van der Waals surface area contributed by atoms with Gasteiger partial charge in [-0.05, 0) is 66.8 Å². The zero-order valence-corrected chi connectivity index (χ0v) is 33.7. The van der Waals surface area contributed by atoms with Gasteiger partial charge in [0.1, 0.15) is 0 Å². The monoisotopic (exact) mass is 695 g/mol. The van der Waals surface area contributed by atoms with Crippen LogP contribution in [-0.2, 0) is 12.8 Å². The molecule has 0 radical (unpaired) electrons. The molecule has 286 valence electrons. The van der Waals surface area contributed by atoms with Gasteiger partial charge in [0.25, 0.3) is 0 Å². The van der Waals surface area contributed by atoms with E-state index in [4.69, 9.17) is 18.9 Å². The van der Waals surface area contributed by atoms with Crippen molar-refractivity contribution in [3.8, 4) is 23.0 Å². The minimum Gasteiger partial charge on any atom is -0.493 e. The fourth-order valence-electron chi connectivity index (χ4n) is 7.54. The first-order valence-electron chi connectivity index (χ1n) is 21.0. The van der Waals surface area contributed by atoms with Gasteiger partial charge in [-0.15, -0.1) is 0 Å². The smallest absolute Gasteiger partial charge is 0.163 e. The molecule has 0 heterocycles. The number of hydrogen-bond donors (Lipinski definition) is 0. The topological polar surface area (TPSA) is 36.9 Å². The van der Waals surface area contributed by atoms with Crippen LogP contribution in [0.1, 0.15) is 197 Å². The van der Waals surface area contributed by atoms with Crippen LogP contribution in [0.2, 0.25) is 0 Å². The number of benzene rings is 2. The Hall–Kier alpha value is -2.36. The summed E-state index contributed by atoms with van der Waals surface area (Å²) in [5, 5.41) is 0. The number of hydrogen-bond acceptors (Lipinski definition) is 4. The Bertz CT molecular complexity index is 1100. The first kappa shape index (κ1) is 43.8. The highest BCUT2D eigenvalue weighted by atomic mass is 16.5. The Morgan fingerprint density at radius 2 is 0.860 bits per heavy atom. The van der Waals surface area contributed by atoms with Crippen molar-refractivity contribution < 1.29 is 18.9 Å². The van der Waals surface area contributed by atoms with Gasteiger partial charge in [-0.2, -0.15) is 0 Å². The zero-order chi connectivity index (χ0) is 36.1. The van der Waals surface area contributed by atoms with E-state index in [1.54, 1.807) is 28.4 Å². The number of unbranched alkanes of at least 4 members (excludes halogenated alkanes) is 22. The number of methoxy groups -OCH3 is 4. The van der Waals surface area contributed by atoms with E-state index in [0.29, 0.717) is 5.92 Å². The summed E-state index contributed by atoms with van der Waals surface area (Å²) in [5.74, 6) is 4.12. The predicted molar refractivity (Wildman–Crippen MR) is 216 cm³/mol. The highest BCUT2D eigenvalue weighted by Gasteiger charge is 2.16. The molecule has 0 spiro atoms. The first-order valence-corrected chi connectivity index (χ1v) is 21.0. The standard InChI is InChI=1S/C46H78O4/c1-7-8-9-10-11-12-13-14-17-21-24-27-30-34-41-37-42(38-44(48-4)46(41)50-6)39(2)32-28-25-22-19-16-15-18-20-23-26-29-33-40-35-31-36-43(47-3)45(40)49-5/h31,35-39H,7-30,32-34H2,1-6H3. The summed E-state index contributed by atoms with van der Waals surface area (Å²) in [6, 6.07) is 10.8. The third kappa shape index (κ3) is 18.2. The molecule has 1 atom stereocenters. The van der Waals surface area contributed by atoms with Crippen molar-refractivity contribution in [1.82, 2.24) is 0 Å². The van der Waals surface area contributed by atoms with E-state index in [1.807, 2.05) is 6.07 Å². The van der Waals surface area contributed by atoms with E-state index in [2.05, 4.69) is 38.1 Å². The second kappa shape index (κ2) is 29.2. The average Bonchev–Trinajstić information content (AvgIpc) is 3.14. The van der Waals surface area contributed by atoms with Crippen molar-refractivity contribution in [1.29, 1.82) is 0 Å². The van der Waals surface area contributed by atoms with Crippen LogP contribution in [0.3, 0.4) is 0 Å². The average molecular weight is 695 g/mol. The van der Waals surface area contributed by atoms with Crippen molar-refractivity contribution in [2.75, 3.05) is 28.4 Å². The quantitative estimate of drug-likeness (QED) is 0.0697. The van der Waals surface area contributed by atoms with Crippen LogP contribution >= 0.6 is 0 Å². The molecule has 4 nitrogen and oxygen atoms in total. The number of rotatable bonds is 33. The van der Waals surface area contributed by atoms with Crippen molar-refractivity contribution in [2.24, 2.45) is 0 Å². The molecular formula is C46H78O4. The third-order valence-electron chi connectivity index (χ3n) is 10.8. The first-order chi connectivity index (χ1) is 24.6. The summed E-state index contributed by atoms with van der Waals surface area (Å²) >= 11 is 0. The lowest BCUT2D eigenvalue weighted by molar-refractivity contribution is 0.350. The highest BCUT2D eigenvalue weighted by molar-refractivity contribution is 5.50. The summed E-state index contributed by atoms with van der Waals surface area (Å²) in [4.78, 5) is 0. The Balaban J connectivity index is 1.55. The maximum Gasteiger partial charge on any atom is 0.163 e. The number of para-hydroxylation sites is 1. The normalized spacial score (nSPS) is 11.9. The molecule has 50 heavy (non-hydrogen) atoms. The maximum absolute atomic E-state index is 5.84. The maximum atomic E-state index is 5.84. The van der Waals surface area contributed by atoms with Crippen LogP contribution in [0, 0.1) is 0 Å².